The van der Waals surface area contributed by atoms with Crippen molar-refractivity contribution in [2.45, 2.75) is 27.2 Å². The third kappa shape index (κ3) is 2.36. The number of aromatic nitrogens is 2. The van der Waals surface area contributed by atoms with E-state index in [1.165, 1.54) is 6.07 Å². The summed E-state index contributed by atoms with van der Waals surface area (Å²) in [7, 11) is 0. The van der Waals surface area contributed by atoms with E-state index in [1.807, 2.05) is 13.8 Å². The van der Waals surface area contributed by atoms with Gasteiger partial charge in [0.1, 0.15) is 0 Å². The van der Waals surface area contributed by atoms with Gasteiger partial charge in [-0.25, -0.2) is 9.48 Å². The molecule has 0 unspecified atom stereocenters. The third-order valence-corrected chi connectivity index (χ3v) is 3.45. The fraction of sp³-hybridized carbons (Fsp3) is 0.286. The van der Waals surface area contributed by atoms with Gasteiger partial charge in [0.05, 0.1) is 16.9 Å². The van der Waals surface area contributed by atoms with Gasteiger partial charge in [0, 0.05) is 10.7 Å². The summed E-state index contributed by atoms with van der Waals surface area (Å²) in [6, 6.07) is 4.70. The zero-order valence-electron chi connectivity index (χ0n) is 11.1. The van der Waals surface area contributed by atoms with Crippen LogP contribution in [0.4, 0.5) is 0 Å². The lowest BCUT2D eigenvalue weighted by atomic mass is 10.1. The Balaban J connectivity index is 2.71. The van der Waals surface area contributed by atoms with E-state index >= 15 is 0 Å². The summed E-state index contributed by atoms with van der Waals surface area (Å²) in [5.41, 5.74) is 3.69. The van der Waals surface area contributed by atoms with Crippen molar-refractivity contribution in [1.29, 1.82) is 0 Å². The molecule has 0 aliphatic heterocycles. The highest BCUT2D eigenvalue weighted by Gasteiger charge is 2.17. The van der Waals surface area contributed by atoms with Crippen molar-refractivity contribution >= 4 is 17.6 Å². The van der Waals surface area contributed by atoms with Gasteiger partial charge >= 0.3 is 5.97 Å². The molecule has 1 aromatic heterocycles. The number of carboxylic acid groups (broad SMARTS) is 1. The summed E-state index contributed by atoms with van der Waals surface area (Å²) in [6.07, 6.45) is 0.862. The van der Waals surface area contributed by atoms with Crippen LogP contribution in [-0.4, -0.2) is 20.9 Å². The van der Waals surface area contributed by atoms with E-state index < -0.39 is 5.97 Å². The van der Waals surface area contributed by atoms with Gasteiger partial charge < -0.3 is 5.11 Å². The second-order valence-electron chi connectivity index (χ2n) is 4.38. The van der Waals surface area contributed by atoms with Crippen molar-refractivity contribution in [3.8, 4) is 5.69 Å². The molecule has 0 saturated carbocycles. The molecule has 0 fully saturated rings. The lowest BCUT2D eigenvalue weighted by Gasteiger charge is -2.09. The third-order valence-electron chi connectivity index (χ3n) is 3.21. The summed E-state index contributed by atoms with van der Waals surface area (Å²) in [6.45, 7) is 5.91. The summed E-state index contributed by atoms with van der Waals surface area (Å²) in [4.78, 5) is 11.3. The fourth-order valence-corrected chi connectivity index (χ4v) is 2.45. The topological polar surface area (TPSA) is 55.1 Å². The Morgan fingerprint density at radius 1 is 1.42 bits per heavy atom. The minimum absolute atomic E-state index is 0.192. The molecular formula is C14H15ClN2O2. The molecule has 1 aromatic carbocycles. The lowest BCUT2D eigenvalue weighted by molar-refractivity contribution is 0.0696. The Hall–Kier alpha value is -1.81. The molecule has 1 N–H and O–H groups in total. The zero-order valence-corrected chi connectivity index (χ0v) is 11.8. The van der Waals surface area contributed by atoms with Crippen LogP contribution in [0.15, 0.2) is 18.2 Å². The van der Waals surface area contributed by atoms with Gasteiger partial charge in [0.25, 0.3) is 0 Å². The van der Waals surface area contributed by atoms with Crippen LogP contribution < -0.4 is 0 Å². The average molecular weight is 279 g/mol. The second-order valence-corrected chi connectivity index (χ2v) is 4.82. The Morgan fingerprint density at radius 2 is 2.11 bits per heavy atom. The van der Waals surface area contributed by atoms with Gasteiger partial charge in [-0.15, -0.1) is 0 Å². The van der Waals surface area contributed by atoms with Gasteiger partial charge in [0.2, 0.25) is 0 Å². The van der Waals surface area contributed by atoms with E-state index in [9.17, 15) is 9.90 Å². The lowest BCUT2D eigenvalue weighted by Crippen LogP contribution is -2.08. The number of aromatic carboxylic acids is 1. The number of rotatable bonds is 3. The SMILES string of the molecule is CCc1c(C)nn(-c2cc(Cl)ccc2C(=O)O)c1C. The molecule has 0 bridgehead atoms. The molecule has 100 valence electrons. The van der Waals surface area contributed by atoms with Crippen LogP contribution in [0.5, 0.6) is 0 Å². The first kappa shape index (κ1) is 13.6. The number of aryl methyl sites for hydroxylation is 1. The first-order valence-corrected chi connectivity index (χ1v) is 6.41. The predicted molar refractivity (Wildman–Crippen MR) is 74.4 cm³/mol. The molecule has 0 spiro atoms. The van der Waals surface area contributed by atoms with E-state index in [2.05, 4.69) is 12.0 Å². The largest absolute Gasteiger partial charge is 0.478 e. The molecule has 5 heteroatoms. The van der Waals surface area contributed by atoms with Crippen LogP contribution in [-0.2, 0) is 6.42 Å². The smallest absolute Gasteiger partial charge is 0.337 e. The number of benzene rings is 1. The van der Waals surface area contributed by atoms with Crippen molar-refractivity contribution in [2.24, 2.45) is 0 Å². The van der Waals surface area contributed by atoms with E-state index in [0.29, 0.717) is 10.7 Å². The van der Waals surface area contributed by atoms with Crippen LogP contribution >= 0.6 is 11.6 Å². The van der Waals surface area contributed by atoms with Gasteiger partial charge in [-0.2, -0.15) is 5.10 Å². The van der Waals surface area contributed by atoms with Crippen molar-refractivity contribution in [3.63, 3.8) is 0 Å². The summed E-state index contributed by atoms with van der Waals surface area (Å²) in [5, 5.41) is 14.2. The van der Waals surface area contributed by atoms with Gasteiger partial charge in [0.15, 0.2) is 0 Å². The molecule has 0 aliphatic carbocycles. The van der Waals surface area contributed by atoms with Crippen LogP contribution in [0, 0.1) is 13.8 Å². The number of carbonyl (C=O) groups is 1. The molecule has 1 heterocycles. The monoisotopic (exact) mass is 278 g/mol. The zero-order chi connectivity index (χ0) is 14.2. The molecule has 0 saturated heterocycles. The highest BCUT2D eigenvalue weighted by atomic mass is 35.5. The molecule has 2 rings (SSSR count). The highest BCUT2D eigenvalue weighted by molar-refractivity contribution is 6.30. The maximum absolute atomic E-state index is 11.3. The molecule has 0 atom stereocenters. The van der Waals surface area contributed by atoms with E-state index in [4.69, 9.17) is 11.6 Å². The van der Waals surface area contributed by atoms with Gasteiger partial charge in [-0.3, -0.25) is 0 Å². The summed E-state index contributed by atoms with van der Waals surface area (Å²) < 4.78 is 1.66. The minimum atomic E-state index is -0.989. The number of hydrogen-bond donors (Lipinski definition) is 1. The standard InChI is InChI=1S/C14H15ClN2O2/c1-4-11-8(2)16-17(9(11)3)13-7-10(15)5-6-12(13)14(18)19/h5-7H,4H2,1-3H3,(H,18,19). The van der Waals surface area contributed by atoms with E-state index in [0.717, 1.165) is 23.4 Å². The van der Waals surface area contributed by atoms with Crippen LogP contribution in [0.2, 0.25) is 5.02 Å². The number of nitrogens with zero attached hydrogens (tertiary/aromatic N) is 2. The molecule has 0 radical (unpaired) electrons. The minimum Gasteiger partial charge on any atom is -0.478 e. The van der Waals surface area contributed by atoms with Gasteiger partial charge in [-0.1, -0.05) is 18.5 Å². The van der Waals surface area contributed by atoms with Crippen molar-refractivity contribution < 1.29 is 9.90 Å². The van der Waals surface area contributed by atoms with E-state index in [-0.39, 0.29) is 5.56 Å². The first-order chi connectivity index (χ1) is 8.95. The van der Waals surface area contributed by atoms with Crippen LogP contribution in [0.25, 0.3) is 5.69 Å². The van der Waals surface area contributed by atoms with E-state index in [1.54, 1.807) is 16.8 Å². The van der Waals surface area contributed by atoms with Gasteiger partial charge in [-0.05, 0) is 44.0 Å². The Labute approximate surface area is 116 Å². The van der Waals surface area contributed by atoms with Crippen LogP contribution in [0.3, 0.4) is 0 Å². The molecule has 2 aromatic rings. The first-order valence-electron chi connectivity index (χ1n) is 6.04. The molecule has 4 nitrogen and oxygen atoms in total. The normalized spacial score (nSPS) is 10.7. The van der Waals surface area contributed by atoms with Crippen LogP contribution in [0.1, 0.15) is 34.2 Å². The Kier molecular flexibility index (Phi) is 3.62. The quantitative estimate of drug-likeness (QED) is 0.936. The average Bonchev–Trinajstić information content (AvgIpc) is 2.63. The number of carboxylic acids is 1. The molecule has 19 heavy (non-hydrogen) atoms. The molecule has 0 aliphatic rings. The Morgan fingerprint density at radius 3 is 2.63 bits per heavy atom. The summed E-state index contributed by atoms with van der Waals surface area (Å²) in [5.74, 6) is -0.989. The second kappa shape index (κ2) is 5.05. The highest BCUT2D eigenvalue weighted by Crippen LogP contribution is 2.24. The predicted octanol–water partition coefficient (Wildman–Crippen LogP) is 3.40. The van der Waals surface area contributed by atoms with Crippen molar-refractivity contribution in [1.82, 2.24) is 9.78 Å². The maximum atomic E-state index is 11.3. The number of hydrogen-bond acceptors (Lipinski definition) is 2. The van der Waals surface area contributed by atoms with Crippen molar-refractivity contribution in [2.75, 3.05) is 0 Å². The Bertz CT molecular complexity index is 647. The fourth-order valence-electron chi connectivity index (χ4n) is 2.28. The number of halogens is 1. The molecule has 0 amide bonds. The molecular weight excluding hydrogens is 264 g/mol. The maximum Gasteiger partial charge on any atom is 0.337 e. The summed E-state index contributed by atoms with van der Waals surface area (Å²) >= 11 is 5.97. The van der Waals surface area contributed by atoms with Crippen molar-refractivity contribution in [3.05, 3.63) is 45.7 Å².